The molecule has 0 heterocycles. The van der Waals surface area contributed by atoms with Crippen LogP contribution in [-0.4, -0.2) is 17.5 Å². The molecule has 0 radical (unpaired) electrons. The Morgan fingerprint density at radius 1 is 1.31 bits per heavy atom. The fourth-order valence-corrected chi connectivity index (χ4v) is 1.81. The van der Waals surface area contributed by atoms with E-state index < -0.39 is 0 Å². The van der Waals surface area contributed by atoms with Gasteiger partial charge in [0.1, 0.15) is 5.75 Å². The van der Waals surface area contributed by atoms with Gasteiger partial charge in [0.05, 0.1) is 6.61 Å². The summed E-state index contributed by atoms with van der Waals surface area (Å²) in [5.41, 5.74) is 7.83. The minimum Gasteiger partial charge on any atom is -0.493 e. The molecule has 0 unspecified atom stereocenters. The van der Waals surface area contributed by atoms with Crippen molar-refractivity contribution < 1.29 is 4.74 Å². The van der Waals surface area contributed by atoms with E-state index in [9.17, 15) is 0 Å². The third-order valence-corrected chi connectivity index (χ3v) is 2.70. The summed E-state index contributed by atoms with van der Waals surface area (Å²) in [6.07, 6.45) is 0. The lowest BCUT2D eigenvalue weighted by Crippen LogP contribution is -2.12. The normalized spacial score (nSPS) is 11.5. The Balaban J connectivity index is 2.37. The highest BCUT2D eigenvalue weighted by atomic mass is 32.2. The van der Waals surface area contributed by atoms with Crippen molar-refractivity contribution in [2.75, 3.05) is 12.4 Å². The summed E-state index contributed by atoms with van der Waals surface area (Å²) >= 11 is 1.38. The first-order valence-corrected chi connectivity index (χ1v) is 5.97. The quantitative estimate of drug-likeness (QED) is 0.275. The largest absolute Gasteiger partial charge is 0.493 e. The topological polar surface area (TPSA) is 73.6 Å². The molecule has 5 heteroatoms. The summed E-state index contributed by atoms with van der Waals surface area (Å²) in [6, 6.07) is 6.14. The van der Waals surface area contributed by atoms with Gasteiger partial charge in [-0.15, -0.1) is 0 Å². The molecule has 88 valence electrons. The van der Waals surface area contributed by atoms with Gasteiger partial charge >= 0.3 is 0 Å². The van der Waals surface area contributed by atoms with Crippen molar-refractivity contribution in [3.63, 3.8) is 0 Å². The zero-order valence-electron chi connectivity index (χ0n) is 9.56. The molecule has 0 saturated carbocycles. The number of rotatable bonds is 4. The van der Waals surface area contributed by atoms with Gasteiger partial charge in [0, 0.05) is 5.75 Å². The lowest BCUT2D eigenvalue weighted by Gasteiger charge is -2.07. The Kier molecular flexibility index (Phi) is 4.98. The lowest BCUT2D eigenvalue weighted by atomic mass is 10.1. The number of hydrogen-bond donors (Lipinski definition) is 2. The van der Waals surface area contributed by atoms with Crippen molar-refractivity contribution in [2.24, 2.45) is 16.7 Å². The van der Waals surface area contributed by atoms with E-state index in [2.05, 4.69) is 11.2 Å². The number of amidine groups is 1. The molecule has 4 nitrogen and oxygen atoms in total. The van der Waals surface area contributed by atoms with Crippen LogP contribution in [0.2, 0.25) is 0 Å². The van der Waals surface area contributed by atoms with Crippen LogP contribution in [0.25, 0.3) is 0 Å². The van der Waals surface area contributed by atoms with Crippen LogP contribution >= 0.6 is 11.8 Å². The Hall–Kier alpha value is -1.36. The van der Waals surface area contributed by atoms with Crippen LogP contribution in [0.15, 0.2) is 23.3 Å². The number of thioether (sulfide) groups is 1. The SMILES string of the molecule is Cc1cc(C)cc(OCCSC(N)=NN)c1. The third-order valence-electron chi connectivity index (χ3n) is 1.92. The maximum absolute atomic E-state index is 5.59. The highest BCUT2D eigenvalue weighted by Crippen LogP contribution is 2.16. The van der Waals surface area contributed by atoms with Gasteiger partial charge < -0.3 is 16.3 Å². The zero-order chi connectivity index (χ0) is 12.0. The second kappa shape index (κ2) is 6.27. The van der Waals surface area contributed by atoms with E-state index in [1.54, 1.807) is 0 Å². The summed E-state index contributed by atoms with van der Waals surface area (Å²) in [7, 11) is 0. The molecule has 0 aromatic heterocycles. The molecule has 0 bridgehead atoms. The molecular weight excluding hydrogens is 222 g/mol. The molecule has 0 aliphatic carbocycles. The van der Waals surface area contributed by atoms with Crippen LogP contribution in [0.5, 0.6) is 5.75 Å². The predicted octanol–water partition coefficient (Wildman–Crippen LogP) is 1.60. The van der Waals surface area contributed by atoms with Crippen molar-refractivity contribution in [3.8, 4) is 5.75 Å². The van der Waals surface area contributed by atoms with Crippen LogP contribution in [0.4, 0.5) is 0 Å². The number of nitrogens with two attached hydrogens (primary N) is 2. The van der Waals surface area contributed by atoms with E-state index in [1.165, 1.54) is 22.9 Å². The molecule has 1 aromatic carbocycles. The highest BCUT2D eigenvalue weighted by Gasteiger charge is 1.98. The number of ether oxygens (including phenoxy) is 1. The molecule has 0 aliphatic rings. The maximum Gasteiger partial charge on any atom is 0.177 e. The fraction of sp³-hybridized carbons (Fsp3) is 0.364. The van der Waals surface area contributed by atoms with Crippen molar-refractivity contribution in [2.45, 2.75) is 13.8 Å². The van der Waals surface area contributed by atoms with Gasteiger partial charge in [0.2, 0.25) is 0 Å². The predicted molar refractivity (Wildman–Crippen MR) is 69.7 cm³/mol. The van der Waals surface area contributed by atoms with Crippen LogP contribution in [-0.2, 0) is 0 Å². The van der Waals surface area contributed by atoms with Gasteiger partial charge in [-0.3, -0.25) is 0 Å². The molecule has 0 atom stereocenters. The third kappa shape index (κ3) is 4.44. The summed E-state index contributed by atoms with van der Waals surface area (Å²) in [5.74, 6) is 6.63. The fourth-order valence-electron chi connectivity index (χ4n) is 1.36. The van der Waals surface area contributed by atoms with Gasteiger partial charge in [-0.2, -0.15) is 5.10 Å². The summed E-state index contributed by atoms with van der Waals surface area (Å²) in [6.45, 7) is 4.69. The highest BCUT2D eigenvalue weighted by molar-refractivity contribution is 8.13. The second-order valence-electron chi connectivity index (χ2n) is 3.49. The van der Waals surface area contributed by atoms with E-state index in [4.69, 9.17) is 16.3 Å². The van der Waals surface area contributed by atoms with Crippen LogP contribution in [0, 0.1) is 13.8 Å². The number of hydrazone groups is 1. The average molecular weight is 239 g/mol. The van der Waals surface area contributed by atoms with Gasteiger partial charge in [-0.05, 0) is 37.1 Å². The summed E-state index contributed by atoms with van der Waals surface area (Å²) in [5, 5.41) is 3.74. The molecular formula is C11H17N3OS. The van der Waals surface area contributed by atoms with Crippen molar-refractivity contribution in [1.82, 2.24) is 0 Å². The first-order chi connectivity index (χ1) is 7.61. The zero-order valence-corrected chi connectivity index (χ0v) is 10.4. The first kappa shape index (κ1) is 12.7. The molecule has 0 aliphatic heterocycles. The first-order valence-electron chi connectivity index (χ1n) is 4.99. The van der Waals surface area contributed by atoms with Gasteiger partial charge in [-0.1, -0.05) is 17.8 Å². The van der Waals surface area contributed by atoms with Gasteiger partial charge in [0.25, 0.3) is 0 Å². The molecule has 0 fully saturated rings. The summed E-state index contributed by atoms with van der Waals surface area (Å²) < 4.78 is 5.59. The Bertz CT molecular complexity index is 359. The number of nitrogens with zero attached hydrogens (tertiary/aromatic N) is 1. The van der Waals surface area contributed by atoms with E-state index in [-0.39, 0.29) is 0 Å². The molecule has 1 aromatic rings. The molecule has 0 spiro atoms. The van der Waals surface area contributed by atoms with Crippen molar-refractivity contribution >= 4 is 16.9 Å². The number of aryl methyl sites for hydroxylation is 2. The second-order valence-corrected chi connectivity index (χ2v) is 4.60. The average Bonchev–Trinajstić information content (AvgIpc) is 2.22. The monoisotopic (exact) mass is 239 g/mol. The van der Waals surface area contributed by atoms with Crippen LogP contribution in [0.3, 0.4) is 0 Å². The Morgan fingerprint density at radius 2 is 1.94 bits per heavy atom. The van der Waals surface area contributed by atoms with Gasteiger partial charge in [0.15, 0.2) is 5.17 Å². The summed E-state index contributed by atoms with van der Waals surface area (Å²) in [4.78, 5) is 0. The molecule has 4 N–H and O–H groups in total. The van der Waals surface area contributed by atoms with Crippen molar-refractivity contribution in [1.29, 1.82) is 0 Å². The van der Waals surface area contributed by atoms with E-state index in [0.29, 0.717) is 11.8 Å². The number of benzene rings is 1. The minimum absolute atomic E-state index is 0.379. The van der Waals surface area contributed by atoms with E-state index in [1.807, 2.05) is 26.0 Å². The Morgan fingerprint density at radius 3 is 2.50 bits per heavy atom. The maximum atomic E-state index is 5.59. The minimum atomic E-state index is 0.379. The van der Waals surface area contributed by atoms with Gasteiger partial charge in [-0.25, -0.2) is 0 Å². The smallest absolute Gasteiger partial charge is 0.177 e. The molecule has 0 saturated heterocycles. The Labute approximate surface area is 100 Å². The molecule has 16 heavy (non-hydrogen) atoms. The molecule has 1 rings (SSSR count). The lowest BCUT2D eigenvalue weighted by molar-refractivity contribution is 0.343. The van der Waals surface area contributed by atoms with E-state index in [0.717, 1.165) is 11.5 Å². The van der Waals surface area contributed by atoms with Crippen molar-refractivity contribution in [3.05, 3.63) is 29.3 Å². The molecule has 0 amide bonds. The number of hydrogen-bond acceptors (Lipinski definition) is 4. The van der Waals surface area contributed by atoms with E-state index >= 15 is 0 Å². The van der Waals surface area contributed by atoms with Crippen LogP contribution < -0.4 is 16.3 Å². The van der Waals surface area contributed by atoms with Crippen LogP contribution in [0.1, 0.15) is 11.1 Å². The standard InChI is InChI=1S/C11H17N3OS/c1-8-5-9(2)7-10(6-8)15-3-4-16-11(12)14-13/h5-7H,3-4,13H2,1-2H3,(H2,12,14).